The molecule has 130 valence electrons. The number of amides is 2. The van der Waals surface area contributed by atoms with Gasteiger partial charge in [-0.2, -0.15) is 0 Å². The molecule has 2 amide bonds. The molecule has 0 aliphatic heterocycles. The molecule has 0 aromatic heterocycles. The number of carbonyl (C=O) groups is 3. The van der Waals surface area contributed by atoms with Crippen LogP contribution in [-0.4, -0.2) is 40.4 Å². The number of nitrogens with one attached hydrogen (secondary N) is 1. The Balaban J connectivity index is 2.23. The van der Waals surface area contributed by atoms with Gasteiger partial charge in [-0.15, -0.1) is 0 Å². The Hall–Kier alpha value is -2.51. The van der Waals surface area contributed by atoms with Gasteiger partial charge in [-0.05, 0) is 25.0 Å². The van der Waals surface area contributed by atoms with Gasteiger partial charge in [0.05, 0.1) is 12.5 Å². The number of nitrogens with zero attached hydrogens (tertiary/aromatic N) is 1. The van der Waals surface area contributed by atoms with E-state index in [0.717, 1.165) is 12.1 Å². The lowest BCUT2D eigenvalue weighted by Gasteiger charge is -2.25. The summed E-state index contributed by atoms with van der Waals surface area (Å²) in [6.45, 7) is 0.697. The van der Waals surface area contributed by atoms with Gasteiger partial charge in [0.2, 0.25) is 11.8 Å². The van der Waals surface area contributed by atoms with Gasteiger partial charge in [-0.3, -0.25) is 14.4 Å². The standard InChI is InChI=1S/C16H18F2N2O4/c1-9(21)19-13(16-11(17)3-2-4-12(16)18)7-14(22)20(8-15(23)24)10-5-6-10/h2-4,10,13H,5-8H2,1H3,(H,19,21)(H,23,24). The predicted octanol–water partition coefficient (Wildman–Crippen LogP) is 1.61. The smallest absolute Gasteiger partial charge is 0.323 e. The highest BCUT2D eigenvalue weighted by atomic mass is 19.1. The summed E-state index contributed by atoms with van der Waals surface area (Å²) in [7, 11) is 0. The summed E-state index contributed by atoms with van der Waals surface area (Å²) in [5.74, 6) is -4.04. The lowest BCUT2D eigenvalue weighted by Crippen LogP contribution is -2.40. The molecule has 8 heteroatoms. The van der Waals surface area contributed by atoms with E-state index >= 15 is 0 Å². The average molecular weight is 340 g/mol. The Bertz CT molecular complexity index is 641. The van der Waals surface area contributed by atoms with E-state index in [1.54, 1.807) is 0 Å². The molecule has 1 aromatic rings. The van der Waals surface area contributed by atoms with Crippen LogP contribution in [0.5, 0.6) is 0 Å². The van der Waals surface area contributed by atoms with Crippen molar-refractivity contribution >= 4 is 17.8 Å². The van der Waals surface area contributed by atoms with E-state index in [2.05, 4.69) is 5.32 Å². The Morgan fingerprint density at radius 2 is 1.88 bits per heavy atom. The van der Waals surface area contributed by atoms with Gasteiger partial charge in [-0.25, -0.2) is 8.78 Å². The van der Waals surface area contributed by atoms with Gasteiger partial charge in [0.15, 0.2) is 0 Å². The first-order chi connectivity index (χ1) is 11.3. The number of carboxylic acid groups (broad SMARTS) is 1. The highest BCUT2D eigenvalue weighted by Gasteiger charge is 2.35. The molecule has 0 spiro atoms. The van der Waals surface area contributed by atoms with Crippen molar-refractivity contribution in [3.63, 3.8) is 0 Å². The Kier molecular flexibility index (Phi) is 5.48. The second-order valence-corrected chi connectivity index (χ2v) is 5.74. The third kappa shape index (κ3) is 4.50. The third-order valence-corrected chi connectivity index (χ3v) is 3.72. The molecule has 1 aliphatic carbocycles. The molecule has 0 heterocycles. The number of hydrogen-bond acceptors (Lipinski definition) is 3. The van der Waals surface area contributed by atoms with Gasteiger partial charge in [0.1, 0.15) is 18.2 Å². The molecule has 1 aromatic carbocycles. The molecule has 2 rings (SSSR count). The zero-order valence-electron chi connectivity index (χ0n) is 13.1. The summed E-state index contributed by atoms with van der Waals surface area (Å²) in [6.07, 6.45) is 0.969. The number of carbonyl (C=O) groups excluding carboxylic acids is 2. The molecule has 1 fully saturated rings. The van der Waals surface area contributed by atoms with Crippen LogP contribution in [0.1, 0.15) is 37.8 Å². The molecule has 24 heavy (non-hydrogen) atoms. The lowest BCUT2D eigenvalue weighted by molar-refractivity contribution is -0.145. The molecule has 2 N–H and O–H groups in total. The monoisotopic (exact) mass is 340 g/mol. The van der Waals surface area contributed by atoms with Crippen molar-refractivity contribution in [1.82, 2.24) is 10.2 Å². The maximum atomic E-state index is 14.0. The lowest BCUT2D eigenvalue weighted by atomic mass is 10.0. The molecule has 6 nitrogen and oxygen atoms in total. The predicted molar refractivity (Wildman–Crippen MR) is 79.9 cm³/mol. The van der Waals surface area contributed by atoms with Gasteiger partial charge in [0, 0.05) is 18.5 Å². The summed E-state index contributed by atoms with van der Waals surface area (Å²) >= 11 is 0. The van der Waals surface area contributed by atoms with E-state index in [1.807, 2.05) is 0 Å². The van der Waals surface area contributed by atoms with Crippen molar-refractivity contribution in [1.29, 1.82) is 0 Å². The Labute approximate surface area is 137 Å². The molecular weight excluding hydrogens is 322 g/mol. The van der Waals surface area contributed by atoms with Crippen LogP contribution >= 0.6 is 0 Å². The van der Waals surface area contributed by atoms with Gasteiger partial charge in [0.25, 0.3) is 0 Å². The topological polar surface area (TPSA) is 86.7 Å². The third-order valence-electron chi connectivity index (χ3n) is 3.72. The quantitative estimate of drug-likeness (QED) is 0.789. The van der Waals surface area contributed by atoms with Crippen molar-refractivity contribution in [2.24, 2.45) is 0 Å². The van der Waals surface area contributed by atoms with Crippen LogP contribution in [0.2, 0.25) is 0 Å². The fraction of sp³-hybridized carbons (Fsp3) is 0.438. The average Bonchev–Trinajstić information content (AvgIpc) is 3.27. The maximum Gasteiger partial charge on any atom is 0.323 e. The number of hydrogen-bond donors (Lipinski definition) is 2. The van der Waals surface area contributed by atoms with Gasteiger partial charge >= 0.3 is 5.97 Å². The first-order valence-electron chi connectivity index (χ1n) is 7.52. The highest BCUT2D eigenvalue weighted by molar-refractivity contribution is 5.83. The minimum Gasteiger partial charge on any atom is -0.480 e. The molecule has 0 saturated heterocycles. The van der Waals surface area contributed by atoms with E-state index in [1.165, 1.54) is 17.9 Å². The Morgan fingerprint density at radius 3 is 2.33 bits per heavy atom. The van der Waals surface area contributed by atoms with E-state index in [4.69, 9.17) is 5.11 Å². The van der Waals surface area contributed by atoms with E-state index in [9.17, 15) is 23.2 Å². The second-order valence-electron chi connectivity index (χ2n) is 5.74. The van der Waals surface area contributed by atoms with Gasteiger partial charge in [-0.1, -0.05) is 6.07 Å². The van der Waals surface area contributed by atoms with Crippen LogP contribution in [0.3, 0.4) is 0 Å². The number of halogens is 2. The van der Waals surface area contributed by atoms with Crippen molar-refractivity contribution < 1.29 is 28.3 Å². The number of carboxylic acids is 1. The van der Waals surface area contributed by atoms with Crippen LogP contribution in [0.15, 0.2) is 18.2 Å². The minimum atomic E-state index is -1.20. The summed E-state index contributed by atoms with van der Waals surface area (Å²) in [6, 6.07) is 1.88. The van der Waals surface area contributed by atoms with Crippen molar-refractivity contribution in [2.45, 2.75) is 38.3 Å². The van der Waals surface area contributed by atoms with Crippen LogP contribution < -0.4 is 5.32 Å². The Morgan fingerprint density at radius 1 is 1.29 bits per heavy atom. The maximum absolute atomic E-state index is 14.0. The fourth-order valence-electron chi connectivity index (χ4n) is 2.56. The highest BCUT2D eigenvalue weighted by Crippen LogP contribution is 2.30. The zero-order valence-corrected chi connectivity index (χ0v) is 13.1. The van der Waals surface area contributed by atoms with Crippen molar-refractivity contribution in [3.8, 4) is 0 Å². The number of rotatable bonds is 7. The van der Waals surface area contributed by atoms with E-state index < -0.39 is 54.0 Å². The second kappa shape index (κ2) is 7.37. The number of aliphatic carboxylic acids is 1. The molecule has 0 radical (unpaired) electrons. The molecule has 1 unspecified atom stereocenters. The summed E-state index contributed by atoms with van der Waals surface area (Å²) < 4.78 is 27.9. The molecular formula is C16H18F2N2O4. The van der Waals surface area contributed by atoms with Crippen LogP contribution in [-0.2, 0) is 14.4 Å². The molecule has 1 saturated carbocycles. The van der Waals surface area contributed by atoms with Crippen molar-refractivity contribution in [3.05, 3.63) is 35.4 Å². The first-order valence-corrected chi connectivity index (χ1v) is 7.52. The van der Waals surface area contributed by atoms with E-state index in [0.29, 0.717) is 12.8 Å². The molecule has 1 atom stereocenters. The zero-order chi connectivity index (χ0) is 17.9. The number of benzene rings is 1. The van der Waals surface area contributed by atoms with Crippen LogP contribution in [0.25, 0.3) is 0 Å². The fourth-order valence-corrected chi connectivity index (χ4v) is 2.56. The van der Waals surface area contributed by atoms with Crippen LogP contribution in [0, 0.1) is 11.6 Å². The summed E-state index contributed by atoms with van der Waals surface area (Å²) in [5, 5.41) is 11.3. The molecule has 1 aliphatic rings. The molecule has 0 bridgehead atoms. The van der Waals surface area contributed by atoms with Gasteiger partial charge < -0.3 is 15.3 Å². The first kappa shape index (κ1) is 17.8. The summed E-state index contributed by atoms with van der Waals surface area (Å²) in [5.41, 5.74) is -0.410. The SMILES string of the molecule is CC(=O)NC(CC(=O)N(CC(=O)O)C1CC1)c1c(F)cccc1F. The normalized spacial score (nSPS) is 14.8. The largest absolute Gasteiger partial charge is 0.480 e. The van der Waals surface area contributed by atoms with Crippen LogP contribution in [0.4, 0.5) is 8.78 Å². The summed E-state index contributed by atoms with van der Waals surface area (Å²) in [4.78, 5) is 35.8. The van der Waals surface area contributed by atoms with E-state index in [-0.39, 0.29) is 6.04 Å². The van der Waals surface area contributed by atoms with Crippen molar-refractivity contribution in [2.75, 3.05) is 6.54 Å². The minimum absolute atomic E-state index is 0.169.